The monoisotopic (exact) mass is 275 g/mol. The van der Waals surface area contributed by atoms with Gasteiger partial charge in [-0.1, -0.05) is 29.8 Å². The van der Waals surface area contributed by atoms with Gasteiger partial charge in [0.1, 0.15) is 0 Å². The van der Waals surface area contributed by atoms with Crippen LogP contribution in [0.5, 0.6) is 0 Å². The number of aromatic carboxylic acids is 1. The fraction of sp³-hybridized carbons (Fsp3) is 0. The Hall–Kier alpha value is -2.33. The molecule has 2 rings (SSSR count). The average molecular weight is 276 g/mol. The summed E-state index contributed by atoms with van der Waals surface area (Å²) < 4.78 is 0. The van der Waals surface area contributed by atoms with E-state index in [1.165, 1.54) is 30.3 Å². The maximum Gasteiger partial charge on any atom is 0.336 e. The number of benzene rings is 2. The molecule has 0 aromatic heterocycles. The topological polar surface area (TPSA) is 80.4 Å². The molecule has 4 nitrogen and oxygen atoms in total. The van der Waals surface area contributed by atoms with Gasteiger partial charge in [-0.25, -0.2) is 4.79 Å². The molecule has 0 aliphatic rings. The number of hydrogen-bond donors (Lipinski definition) is 2. The molecule has 0 saturated heterocycles. The standard InChI is InChI=1S/C14H10ClNO3/c15-11-6-5-8(7-12(11)16)13(17)9-3-1-2-4-10(9)14(18)19/h1-7H,16H2,(H,18,19). The van der Waals surface area contributed by atoms with Crippen molar-refractivity contribution in [2.24, 2.45) is 0 Å². The second-order valence-electron chi connectivity index (χ2n) is 3.92. The quantitative estimate of drug-likeness (QED) is 0.667. The van der Waals surface area contributed by atoms with Crippen molar-refractivity contribution in [3.8, 4) is 0 Å². The summed E-state index contributed by atoms with van der Waals surface area (Å²) in [7, 11) is 0. The van der Waals surface area contributed by atoms with Gasteiger partial charge < -0.3 is 10.8 Å². The van der Waals surface area contributed by atoms with E-state index in [-0.39, 0.29) is 16.8 Å². The number of halogens is 1. The van der Waals surface area contributed by atoms with E-state index >= 15 is 0 Å². The molecule has 0 unspecified atom stereocenters. The summed E-state index contributed by atoms with van der Waals surface area (Å²) in [6.45, 7) is 0. The van der Waals surface area contributed by atoms with Crippen molar-refractivity contribution in [3.05, 3.63) is 64.2 Å². The highest BCUT2D eigenvalue weighted by atomic mass is 35.5. The van der Waals surface area contributed by atoms with Crippen LogP contribution in [0.25, 0.3) is 0 Å². The van der Waals surface area contributed by atoms with E-state index in [0.717, 1.165) is 0 Å². The third-order valence-corrected chi connectivity index (χ3v) is 3.00. The van der Waals surface area contributed by atoms with Gasteiger partial charge in [-0.2, -0.15) is 0 Å². The third kappa shape index (κ3) is 2.58. The van der Waals surface area contributed by atoms with Gasteiger partial charge >= 0.3 is 5.97 Å². The zero-order valence-electron chi connectivity index (χ0n) is 9.76. The van der Waals surface area contributed by atoms with E-state index in [1.54, 1.807) is 12.1 Å². The average Bonchev–Trinajstić information content (AvgIpc) is 2.41. The molecule has 0 saturated carbocycles. The smallest absolute Gasteiger partial charge is 0.336 e. The van der Waals surface area contributed by atoms with Crippen LogP contribution in [-0.4, -0.2) is 16.9 Å². The van der Waals surface area contributed by atoms with Crippen molar-refractivity contribution >= 4 is 29.0 Å². The Morgan fingerprint density at radius 3 is 2.26 bits per heavy atom. The minimum Gasteiger partial charge on any atom is -0.478 e. The lowest BCUT2D eigenvalue weighted by atomic mass is 9.98. The number of carboxylic acid groups (broad SMARTS) is 1. The molecule has 5 heteroatoms. The van der Waals surface area contributed by atoms with Crippen LogP contribution in [0.4, 0.5) is 5.69 Å². The van der Waals surface area contributed by atoms with Gasteiger partial charge in [0.05, 0.1) is 16.3 Å². The van der Waals surface area contributed by atoms with Gasteiger partial charge in [0, 0.05) is 11.1 Å². The fourth-order valence-corrected chi connectivity index (χ4v) is 1.83. The van der Waals surface area contributed by atoms with E-state index in [4.69, 9.17) is 22.4 Å². The first kappa shape index (κ1) is 13.1. The van der Waals surface area contributed by atoms with Crippen LogP contribution in [0.2, 0.25) is 5.02 Å². The zero-order valence-corrected chi connectivity index (χ0v) is 10.5. The largest absolute Gasteiger partial charge is 0.478 e. The van der Waals surface area contributed by atoms with Crippen molar-refractivity contribution in [2.75, 3.05) is 5.73 Å². The van der Waals surface area contributed by atoms with Gasteiger partial charge in [-0.3, -0.25) is 4.79 Å². The molecule has 0 fully saturated rings. The molecular weight excluding hydrogens is 266 g/mol. The highest BCUT2D eigenvalue weighted by molar-refractivity contribution is 6.33. The fourth-order valence-electron chi connectivity index (χ4n) is 1.71. The summed E-state index contributed by atoms with van der Waals surface area (Å²) in [6.07, 6.45) is 0. The van der Waals surface area contributed by atoms with E-state index in [1.807, 2.05) is 0 Å². The summed E-state index contributed by atoms with van der Waals surface area (Å²) in [5.41, 5.74) is 6.29. The summed E-state index contributed by atoms with van der Waals surface area (Å²) in [6, 6.07) is 10.5. The number of ketones is 1. The normalized spacial score (nSPS) is 10.2. The molecule has 0 amide bonds. The second-order valence-corrected chi connectivity index (χ2v) is 4.32. The van der Waals surface area contributed by atoms with Crippen LogP contribution in [0.3, 0.4) is 0 Å². The summed E-state index contributed by atoms with van der Waals surface area (Å²) in [5.74, 6) is -1.55. The van der Waals surface area contributed by atoms with Gasteiger partial charge in [-0.05, 0) is 24.3 Å². The molecule has 19 heavy (non-hydrogen) atoms. The van der Waals surface area contributed by atoms with E-state index in [9.17, 15) is 9.59 Å². The lowest BCUT2D eigenvalue weighted by molar-refractivity contribution is 0.0693. The molecule has 2 aromatic carbocycles. The van der Waals surface area contributed by atoms with Crippen molar-refractivity contribution in [1.82, 2.24) is 0 Å². The lowest BCUT2D eigenvalue weighted by Gasteiger charge is -2.06. The van der Waals surface area contributed by atoms with E-state index in [0.29, 0.717) is 10.6 Å². The minimum absolute atomic E-state index is 0.0407. The molecule has 0 spiro atoms. The van der Waals surface area contributed by atoms with Crippen LogP contribution in [0, 0.1) is 0 Å². The van der Waals surface area contributed by atoms with E-state index < -0.39 is 11.8 Å². The first-order valence-electron chi connectivity index (χ1n) is 5.42. The zero-order chi connectivity index (χ0) is 14.0. The Labute approximate surface area is 114 Å². The van der Waals surface area contributed by atoms with Gasteiger partial charge in [-0.15, -0.1) is 0 Å². The Morgan fingerprint density at radius 2 is 1.68 bits per heavy atom. The van der Waals surface area contributed by atoms with Crippen LogP contribution < -0.4 is 5.73 Å². The second kappa shape index (κ2) is 5.12. The number of nitrogen functional groups attached to an aromatic ring is 1. The highest BCUT2D eigenvalue weighted by Crippen LogP contribution is 2.22. The molecule has 0 atom stereocenters. The third-order valence-electron chi connectivity index (χ3n) is 2.66. The maximum absolute atomic E-state index is 12.3. The highest BCUT2D eigenvalue weighted by Gasteiger charge is 2.17. The molecule has 0 bridgehead atoms. The Morgan fingerprint density at radius 1 is 1.05 bits per heavy atom. The molecule has 0 aliphatic carbocycles. The van der Waals surface area contributed by atoms with Crippen LogP contribution in [-0.2, 0) is 0 Å². The maximum atomic E-state index is 12.3. The first-order chi connectivity index (χ1) is 9.00. The Bertz CT molecular complexity index is 667. The van der Waals surface area contributed by atoms with Crippen LogP contribution in [0.15, 0.2) is 42.5 Å². The predicted octanol–water partition coefficient (Wildman–Crippen LogP) is 2.85. The number of carbonyl (C=O) groups is 2. The lowest BCUT2D eigenvalue weighted by Crippen LogP contribution is -2.09. The van der Waals surface area contributed by atoms with Gasteiger partial charge in [0.15, 0.2) is 5.78 Å². The molecule has 0 aliphatic heterocycles. The molecular formula is C14H10ClNO3. The van der Waals surface area contributed by atoms with Crippen LogP contribution >= 0.6 is 11.6 Å². The van der Waals surface area contributed by atoms with Crippen molar-refractivity contribution in [1.29, 1.82) is 0 Å². The number of nitrogens with two attached hydrogens (primary N) is 1. The number of carbonyl (C=O) groups excluding carboxylic acids is 1. The number of carboxylic acids is 1. The number of hydrogen-bond acceptors (Lipinski definition) is 3. The number of anilines is 1. The summed E-state index contributed by atoms with van der Waals surface area (Å²) in [4.78, 5) is 23.4. The summed E-state index contributed by atoms with van der Waals surface area (Å²) >= 11 is 5.78. The Balaban J connectivity index is 2.50. The van der Waals surface area contributed by atoms with E-state index in [2.05, 4.69) is 0 Å². The van der Waals surface area contributed by atoms with Gasteiger partial charge in [0.25, 0.3) is 0 Å². The first-order valence-corrected chi connectivity index (χ1v) is 5.80. The molecule has 0 heterocycles. The molecule has 2 aromatic rings. The number of rotatable bonds is 3. The predicted molar refractivity (Wildman–Crippen MR) is 72.7 cm³/mol. The molecule has 0 radical (unpaired) electrons. The molecule has 96 valence electrons. The van der Waals surface area contributed by atoms with Crippen molar-refractivity contribution in [2.45, 2.75) is 0 Å². The van der Waals surface area contributed by atoms with Crippen molar-refractivity contribution < 1.29 is 14.7 Å². The SMILES string of the molecule is Nc1cc(C(=O)c2ccccc2C(=O)O)ccc1Cl. The van der Waals surface area contributed by atoms with Crippen molar-refractivity contribution in [3.63, 3.8) is 0 Å². The Kier molecular flexibility index (Phi) is 3.53. The summed E-state index contributed by atoms with van der Waals surface area (Å²) in [5, 5.41) is 9.41. The molecule has 3 N–H and O–H groups in total. The van der Waals surface area contributed by atoms with Gasteiger partial charge in [0.2, 0.25) is 0 Å². The minimum atomic E-state index is -1.15. The van der Waals surface area contributed by atoms with Crippen LogP contribution in [0.1, 0.15) is 26.3 Å².